The second-order valence-corrected chi connectivity index (χ2v) is 6.61. The van der Waals surface area contributed by atoms with E-state index in [-0.39, 0.29) is 17.5 Å². The van der Waals surface area contributed by atoms with Crippen molar-refractivity contribution in [2.75, 3.05) is 19.4 Å². The van der Waals surface area contributed by atoms with Gasteiger partial charge in [-0.3, -0.25) is 9.36 Å². The lowest BCUT2D eigenvalue weighted by Gasteiger charge is -2.10. The molecule has 1 aromatic heterocycles. The molecule has 0 unspecified atom stereocenters. The molecule has 1 amide bonds. The van der Waals surface area contributed by atoms with E-state index in [9.17, 15) is 9.18 Å². The van der Waals surface area contributed by atoms with Crippen LogP contribution in [0.1, 0.15) is 5.56 Å². The van der Waals surface area contributed by atoms with Gasteiger partial charge in [-0.15, -0.1) is 10.2 Å². The van der Waals surface area contributed by atoms with E-state index in [1.165, 1.54) is 23.9 Å². The van der Waals surface area contributed by atoms with Gasteiger partial charge >= 0.3 is 0 Å². The molecule has 1 N–H and O–H groups in total. The second kappa shape index (κ2) is 9.18. The summed E-state index contributed by atoms with van der Waals surface area (Å²) >= 11 is 1.30. The number of halogens is 1. The molecule has 140 valence electrons. The smallest absolute Gasteiger partial charge is 0.230 e. The second-order valence-electron chi connectivity index (χ2n) is 5.67. The Labute approximate surface area is 160 Å². The summed E-state index contributed by atoms with van der Waals surface area (Å²) in [4.78, 5) is 12.1. The Balaban J connectivity index is 1.52. The van der Waals surface area contributed by atoms with E-state index in [2.05, 4.69) is 15.5 Å². The molecule has 0 fully saturated rings. The number of methoxy groups -OCH3 is 1. The van der Waals surface area contributed by atoms with E-state index in [0.717, 1.165) is 11.3 Å². The molecule has 0 atom stereocenters. The molecule has 0 aliphatic rings. The number of hydrogen-bond acceptors (Lipinski definition) is 5. The Hall–Kier alpha value is -2.87. The lowest BCUT2D eigenvalue weighted by molar-refractivity contribution is -0.118. The average Bonchev–Trinajstić information content (AvgIpc) is 3.16. The molecule has 27 heavy (non-hydrogen) atoms. The number of ether oxygens (including phenoxy) is 1. The van der Waals surface area contributed by atoms with Gasteiger partial charge in [-0.25, -0.2) is 4.39 Å². The molecule has 0 radical (unpaired) electrons. The van der Waals surface area contributed by atoms with Crippen molar-refractivity contribution in [2.45, 2.75) is 11.6 Å². The van der Waals surface area contributed by atoms with Gasteiger partial charge in [-0.1, -0.05) is 36.0 Å². The van der Waals surface area contributed by atoms with Crippen LogP contribution in [0.4, 0.5) is 4.39 Å². The molecule has 3 aromatic rings. The zero-order chi connectivity index (χ0) is 19.1. The maximum atomic E-state index is 12.9. The first-order chi connectivity index (χ1) is 13.2. The van der Waals surface area contributed by atoms with Gasteiger partial charge in [-0.05, 0) is 36.2 Å². The number of para-hydroxylation sites is 2. The lowest BCUT2D eigenvalue weighted by atomic mass is 10.1. The molecule has 0 saturated heterocycles. The molecule has 0 bridgehead atoms. The van der Waals surface area contributed by atoms with Gasteiger partial charge in [0.1, 0.15) is 17.9 Å². The highest BCUT2D eigenvalue weighted by Gasteiger charge is 2.12. The number of amides is 1. The standard InChI is InChI=1S/C19H19FN4O2S/c1-26-17-5-3-2-4-16(17)24-13-22-23-19(24)27-12-18(25)21-11-10-14-6-8-15(20)9-7-14/h2-9,13H,10-12H2,1H3,(H,21,25). The van der Waals surface area contributed by atoms with Crippen molar-refractivity contribution in [2.24, 2.45) is 0 Å². The number of carbonyl (C=O) groups excluding carboxylic acids is 1. The Morgan fingerprint density at radius 2 is 2.00 bits per heavy atom. The summed E-state index contributed by atoms with van der Waals surface area (Å²) in [6.45, 7) is 0.490. The van der Waals surface area contributed by atoms with Gasteiger partial charge in [-0.2, -0.15) is 0 Å². The normalized spacial score (nSPS) is 10.6. The minimum atomic E-state index is -0.265. The number of nitrogens with one attached hydrogen (secondary N) is 1. The van der Waals surface area contributed by atoms with Gasteiger partial charge in [0.05, 0.1) is 18.6 Å². The molecule has 3 rings (SSSR count). The van der Waals surface area contributed by atoms with Crippen LogP contribution in [0, 0.1) is 5.82 Å². The largest absolute Gasteiger partial charge is 0.495 e. The van der Waals surface area contributed by atoms with Crippen molar-refractivity contribution < 1.29 is 13.9 Å². The van der Waals surface area contributed by atoms with Crippen LogP contribution < -0.4 is 10.1 Å². The molecule has 2 aromatic carbocycles. The summed E-state index contributed by atoms with van der Waals surface area (Å²) in [5, 5.41) is 11.5. The number of hydrogen-bond donors (Lipinski definition) is 1. The number of carbonyl (C=O) groups is 1. The average molecular weight is 386 g/mol. The van der Waals surface area contributed by atoms with Crippen molar-refractivity contribution in [1.82, 2.24) is 20.1 Å². The van der Waals surface area contributed by atoms with Crippen LogP contribution in [-0.4, -0.2) is 40.1 Å². The van der Waals surface area contributed by atoms with E-state index in [4.69, 9.17) is 4.74 Å². The van der Waals surface area contributed by atoms with Crippen LogP contribution in [-0.2, 0) is 11.2 Å². The van der Waals surface area contributed by atoms with Gasteiger partial charge in [0.2, 0.25) is 5.91 Å². The van der Waals surface area contributed by atoms with Crippen LogP contribution in [0.5, 0.6) is 5.75 Å². The zero-order valence-electron chi connectivity index (χ0n) is 14.8. The summed E-state index contributed by atoms with van der Waals surface area (Å²) in [5.74, 6) is 0.551. The summed E-state index contributed by atoms with van der Waals surface area (Å²) in [6, 6.07) is 13.8. The summed E-state index contributed by atoms with van der Waals surface area (Å²) in [7, 11) is 1.60. The highest BCUT2D eigenvalue weighted by molar-refractivity contribution is 7.99. The van der Waals surface area contributed by atoms with Gasteiger partial charge in [0.15, 0.2) is 5.16 Å². The van der Waals surface area contributed by atoms with Crippen LogP contribution in [0.3, 0.4) is 0 Å². The van der Waals surface area contributed by atoms with Crippen molar-refractivity contribution in [3.8, 4) is 11.4 Å². The third kappa shape index (κ3) is 5.07. The fourth-order valence-corrected chi connectivity index (χ4v) is 3.25. The summed E-state index contributed by atoms with van der Waals surface area (Å²) < 4.78 is 20.0. The zero-order valence-corrected chi connectivity index (χ0v) is 15.6. The topological polar surface area (TPSA) is 69.0 Å². The number of rotatable bonds is 8. The van der Waals surface area contributed by atoms with Crippen LogP contribution in [0.2, 0.25) is 0 Å². The van der Waals surface area contributed by atoms with E-state index in [0.29, 0.717) is 23.9 Å². The molecule has 0 aliphatic heterocycles. The highest BCUT2D eigenvalue weighted by atomic mass is 32.2. The van der Waals surface area contributed by atoms with Crippen LogP contribution >= 0.6 is 11.8 Å². The molecule has 0 spiro atoms. The molecular weight excluding hydrogens is 367 g/mol. The molecule has 0 saturated carbocycles. The van der Waals surface area contributed by atoms with E-state index < -0.39 is 0 Å². The third-order valence-electron chi connectivity index (χ3n) is 3.84. The fourth-order valence-electron chi connectivity index (χ4n) is 2.50. The minimum absolute atomic E-state index is 0.100. The monoisotopic (exact) mass is 386 g/mol. The predicted molar refractivity (Wildman–Crippen MR) is 102 cm³/mol. The van der Waals surface area contributed by atoms with E-state index in [1.807, 2.05) is 24.3 Å². The summed E-state index contributed by atoms with van der Waals surface area (Å²) in [5.41, 5.74) is 1.78. The maximum absolute atomic E-state index is 12.9. The van der Waals surface area contributed by atoms with Crippen molar-refractivity contribution in [1.29, 1.82) is 0 Å². The first-order valence-corrected chi connectivity index (χ1v) is 9.33. The Morgan fingerprint density at radius 3 is 2.78 bits per heavy atom. The quantitative estimate of drug-likeness (QED) is 0.603. The summed E-state index contributed by atoms with van der Waals surface area (Å²) in [6.07, 6.45) is 2.24. The minimum Gasteiger partial charge on any atom is -0.495 e. The first kappa shape index (κ1) is 18.9. The third-order valence-corrected chi connectivity index (χ3v) is 4.79. The number of aromatic nitrogens is 3. The molecule has 8 heteroatoms. The first-order valence-electron chi connectivity index (χ1n) is 8.34. The highest BCUT2D eigenvalue weighted by Crippen LogP contribution is 2.26. The number of nitrogens with zero attached hydrogens (tertiary/aromatic N) is 3. The number of benzene rings is 2. The van der Waals surface area contributed by atoms with Crippen LogP contribution in [0.15, 0.2) is 60.0 Å². The molecule has 1 heterocycles. The maximum Gasteiger partial charge on any atom is 0.230 e. The van der Waals surface area contributed by atoms with Crippen LogP contribution in [0.25, 0.3) is 5.69 Å². The van der Waals surface area contributed by atoms with Crippen molar-refractivity contribution in [3.05, 3.63) is 66.2 Å². The Kier molecular flexibility index (Phi) is 6.43. The Bertz CT molecular complexity index is 899. The molecule has 6 nitrogen and oxygen atoms in total. The molecular formula is C19H19FN4O2S. The lowest BCUT2D eigenvalue weighted by Crippen LogP contribution is -2.27. The van der Waals surface area contributed by atoms with Gasteiger partial charge < -0.3 is 10.1 Å². The number of thioether (sulfide) groups is 1. The van der Waals surface area contributed by atoms with Crippen molar-refractivity contribution in [3.63, 3.8) is 0 Å². The van der Waals surface area contributed by atoms with Crippen molar-refractivity contribution >= 4 is 17.7 Å². The van der Waals surface area contributed by atoms with E-state index >= 15 is 0 Å². The van der Waals surface area contributed by atoms with Gasteiger partial charge in [0, 0.05) is 6.54 Å². The SMILES string of the molecule is COc1ccccc1-n1cnnc1SCC(=O)NCCc1ccc(F)cc1. The predicted octanol–water partition coefficient (Wildman–Crippen LogP) is 2.87. The van der Waals surface area contributed by atoms with E-state index in [1.54, 1.807) is 30.1 Å². The fraction of sp³-hybridized carbons (Fsp3) is 0.211. The molecule has 0 aliphatic carbocycles. The van der Waals surface area contributed by atoms with Gasteiger partial charge in [0.25, 0.3) is 0 Å². The Morgan fingerprint density at radius 1 is 1.22 bits per heavy atom.